The summed E-state index contributed by atoms with van der Waals surface area (Å²) < 4.78 is 6.04. The Morgan fingerprint density at radius 2 is 1.31 bits per heavy atom. The fourth-order valence-corrected chi connectivity index (χ4v) is 5.80. The van der Waals surface area contributed by atoms with Gasteiger partial charge in [-0.3, -0.25) is 10.2 Å². The van der Waals surface area contributed by atoms with Crippen molar-refractivity contribution < 1.29 is 4.31 Å². The molecule has 0 aromatic rings. The van der Waals surface area contributed by atoms with Crippen LogP contribution in [-0.4, -0.2) is 25.4 Å². The van der Waals surface area contributed by atoms with Crippen molar-refractivity contribution >= 4 is 16.6 Å². The van der Waals surface area contributed by atoms with Crippen molar-refractivity contribution in [3.8, 4) is 0 Å². The molecule has 2 fully saturated rings. The first-order chi connectivity index (χ1) is 6.45. The van der Waals surface area contributed by atoms with Gasteiger partial charge in [-0.15, -0.1) is 0 Å². The minimum Gasteiger partial charge on any atom is -0.306 e. The highest BCUT2D eigenvalue weighted by atomic mass is 31.2. The van der Waals surface area contributed by atoms with Gasteiger partial charge in [-0.05, 0) is 25.7 Å². The van der Waals surface area contributed by atoms with E-state index in [2.05, 4.69) is 10.2 Å². The van der Waals surface area contributed by atoms with E-state index in [0.29, 0.717) is 0 Å². The van der Waals surface area contributed by atoms with Gasteiger partial charge in [0.2, 0.25) is 0 Å². The van der Waals surface area contributed by atoms with Gasteiger partial charge in [-0.2, -0.15) is 0 Å². The molecule has 2 aliphatic rings. The van der Waals surface area contributed by atoms with Crippen LogP contribution in [0.1, 0.15) is 25.7 Å². The monoisotopic (exact) mass is 220 g/mol. The summed E-state index contributed by atoms with van der Waals surface area (Å²) in [6.07, 6.45) is 7.87. The summed E-state index contributed by atoms with van der Waals surface area (Å²) in [5.41, 5.74) is 0. The van der Waals surface area contributed by atoms with E-state index in [0.717, 1.165) is 13.1 Å². The molecule has 2 rings (SSSR count). The van der Waals surface area contributed by atoms with Crippen LogP contribution in [0.5, 0.6) is 0 Å². The predicted molar refractivity (Wildman–Crippen MR) is 59.1 cm³/mol. The normalized spacial score (nSPS) is 36.0. The van der Waals surface area contributed by atoms with Crippen LogP contribution in [0.2, 0.25) is 0 Å². The number of nitrogens with one attached hydrogen (secondary N) is 2. The summed E-state index contributed by atoms with van der Waals surface area (Å²) >= 11 is 0. The fraction of sp³-hybridized carbons (Fsp3) is 1.00. The first-order valence-corrected chi connectivity index (χ1v) is 8.04. The molecule has 2 unspecified atom stereocenters. The van der Waals surface area contributed by atoms with E-state index < -0.39 is 0 Å². The standard InChI is InChI=1S/C8H18N2OP2/c1-3-7-12(9-5-1)11-13-8-4-2-6-10-13/h9-10H,1-8H2. The SMILES string of the molecule is C1CCP(OP2CCCCN2)NC1. The van der Waals surface area contributed by atoms with Crippen LogP contribution in [0.4, 0.5) is 0 Å². The summed E-state index contributed by atoms with van der Waals surface area (Å²) in [7, 11) is -0.557. The van der Waals surface area contributed by atoms with Crippen molar-refractivity contribution in [2.24, 2.45) is 0 Å². The molecule has 0 amide bonds. The molecule has 0 aliphatic carbocycles. The molecule has 0 radical (unpaired) electrons. The molecule has 2 atom stereocenters. The molecular weight excluding hydrogens is 202 g/mol. The third-order valence-electron chi connectivity index (χ3n) is 2.35. The van der Waals surface area contributed by atoms with Crippen LogP contribution >= 0.6 is 16.6 Å². The van der Waals surface area contributed by atoms with Crippen molar-refractivity contribution in [3.05, 3.63) is 0 Å². The van der Waals surface area contributed by atoms with Crippen molar-refractivity contribution in [1.29, 1.82) is 0 Å². The van der Waals surface area contributed by atoms with Crippen LogP contribution in [0, 0.1) is 0 Å². The topological polar surface area (TPSA) is 33.3 Å². The zero-order valence-corrected chi connectivity index (χ0v) is 9.75. The summed E-state index contributed by atoms with van der Waals surface area (Å²) in [5.74, 6) is 0. The fourth-order valence-electron chi connectivity index (χ4n) is 1.58. The number of rotatable bonds is 2. The summed E-state index contributed by atoms with van der Waals surface area (Å²) in [5, 5.41) is 6.97. The molecule has 0 saturated carbocycles. The van der Waals surface area contributed by atoms with Crippen molar-refractivity contribution in [1.82, 2.24) is 10.2 Å². The molecule has 2 N–H and O–H groups in total. The molecule has 76 valence electrons. The maximum Gasteiger partial charge on any atom is 0.107 e. The highest BCUT2D eigenvalue weighted by Gasteiger charge is 2.20. The van der Waals surface area contributed by atoms with Crippen LogP contribution in [0.15, 0.2) is 0 Å². The zero-order chi connectivity index (χ0) is 8.93. The first kappa shape index (κ1) is 10.3. The molecule has 0 aromatic heterocycles. The van der Waals surface area contributed by atoms with E-state index in [1.54, 1.807) is 0 Å². The summed E-state index contributed by atoms with van der Waals surface area (Å²) in [4.78, 5) is 0. The second-order valence-corrected chi connectivity index (χ2v) is 7.21. The van der Waals surface area contributed by atoms with Crippen LogP contribution < -0.4 is 10.2 Å². The molecule has 13 heavy (non-hydrogen) atoms. The Labute approximate surface area is 82.8 Å². The van der Waals surface area contributed by atoms with Crippen molar-refractivity contribution in [2.75, 3.05) is 25.4 Å². The van der Waals surface area contributed by atoms with Gasteiger partial charge >= 0.3 is 0 Å². The molecule has 3 nitrogen and oxygen atoms in total. The highest BCUT2D eigenvalue weighted by molar-refractivity contribution is 7.63. The molecule has 2 heterocycles. The lowest BCUT2D eigenvalue weighted by atomic mass is 10.3. The maximum atomic E-state index is 6.04. The Balaban J connectivity index is 1.69. The van der Waals surface area contributed by atoms with Crippen molar-refractivity contribution in [2.45, 2.75) is 25.7 Å². The van der Waals surface area contributed by atoms with Gasteiger partial charge in [-0.1, -0.05) is 0 Å². The smallest absolute Gasteiger partial charge is 0.107 e. The van der Waals surface area contributed by atoms with E-state index in [-0.39, 0.29) is 16.6 Å². The Hall–Kier alpha value is 0.740. The van der Waals surface area contributed by atoms with E-state index in [1.807, 2.05) is 0 Å². The Bertz CT molecular complexity index is 131. The molecule has 0 bridgehead atoms. The van der Waals surface area contributed by atoms with Gasteiger partial charge < -0.3 is 4.31 Å². The summed E-state index contributed by atoms with van der Waals surface area (Å²) in [6, 6.07) is 0. The minimum absolute atomic E-state index is 0.278. The third kappa shape index (κ3) is 3.42. The first-order valence-electron chi connectivity index (χ1n) is 5.15. The number of hydrogen-bond donors (Lipinski definition) is 2. The lowest BCUT2D eigenvalue weighted by Crippen LogP contribution is -2.22. The average Bonchev–Trinajstić information content (AvgIpc) is 2.21. The lowest BCUT2D eigenvalue weighted by molar-refractivity contribution is 0.582. The van der Waals surface area contributed by atoms with Gasteiger partial charge in [0.25, 0.3) is 0 Å². The van der Waals surface area contributed by atoms with E-state index in [4.69, 9.17) is 4.31 Å². The van der Waals surface area contributed by atoms with Gasteiger partial charge in [0, 0.05) is 25.4 Å². The average molecular weight is 220 g/mol. The molecular formula is C8H18N2OP2. The van der Waals surface area contributed by atoms with Crippen LogP contribution in [0.25, 0.3) is 0 Å². The van der Waals surface area contributed by atoms with Gasteiger partial charge in [-0.25, -0.2) is 0 Å². The predicted octanol–water partition coefficient (Wildman–Crippen LogP) is 2.39. The molecule has 2 aliphatic heterocycles. The Morgan fingerprint density at radius 1 is 0.769 bits per heavy atom. The largest absolute Gasteiger partial charge is 0.306 e. The highest BCUT2D eigenvalue weighted by Crippen LogP contribution is 2.51. The Morgan fingerprint density at radius 3 is 1.69 bits per heavy atom. The van der Waals surface area contributed by atoms with Crippen LogP contribution in [-0.2, 0) is 4.31 Å². The van der Waals surface area contributed by atoms with Gasteiger partial charge in [0.15, 0.2) is 0 Å². The van der Waals surface area contributed by atoms with Crippen LogP contribution in [0.3, 0.4) is 0 Å². The van der Waals surface area contributed by atoms with Crippen molar-refractivity contribution in [3.63, 3.8) is 0 Å². The quantitative estimate of drug-likeness (QED) is 0.701. The van der Waals surface area contributed by atoms with Gasteiger partial charge in [0.05, 0.1) is 0 Å². The maximum absolute atomic E-state index is 6.04. The van der Waals surface area contributed by atoms with Gasteiger partial charge in [0.1, 0.15) is 16.6 Å². The zero-order valence-electron chi connectivity index (χ0n) is 7.96. The molecule has 0 spiro atoms. The molecule has 5 heteroatoms. The van der Waals surface area contributed by atoms with E-state index in [9.17, 15) is 0 Å². The van der Waals surface area contributed by atoms with E-state index in [1.165, 1.54) is 38.0 Å². The second-order valence-electron chi connectivity index (χ2n) is 3.52. The third-order valence-corrected chi connectivity index (χ3v) is 6.52. The molecule has 2 saturated heterocycles. The minimum atomic E-state index is -0.278. The number of hydrogen-bond acceptors (Lipinski definition) is 3. The second kappa shape index (κ2) is 5.58. The Kier molecular flexibility index (Phi) is 4.41. The lowest BCUT2D eigenvalue weighted by Gasteiger charge is -2.29. The van der Waals surface area contributed by atoms with E-state index >= 15 is 0 Å². The summed E-state index contributed by atoms with van der Waals surface area (Å²) in [6.45, 7) is 2.32. The molecule has 0 aromatic carbocycles.